The molecule has 1 fully saturated rings. The summed E-state index contributed by atoms with van der Waals surface area (Å²) in [5.41, 5.74) is 6.31. The highest BCUT2D eigenvalue weighted by molar-refractivity contribution is 7.89. The van der Waals surface area contributed by atoms with Gasteiger partial charge in [-0.05, 0) is 43.6 Å². The van der Waals surface area contributed by atoms with Gasteiger partial charge >= 0.3 is 0 Å². The van der Waals surface area contributed by atoms with Gasteiger partial charge in [0.05, 0.1) is 5.02 Å². The lowest BCUT2D eigenvalue weighted by atomic mass is 10.2. The number of hydrogen-bond donors (Lipinski definition) is 2. The number of nitrogens with two attached hydrogens (primary N) is 1. The Labute approximate surface area is 125 Å². The minimum atomic E-state index is -3.56. The Morgan fingerprint density at radius 2 is 2.00 bits per heavy atom. The van der Waals surface area contributed by atoms with E-state index in [9.17, 15) is 8.42 Å². The fourth-order valence-corrected chi connectivity index (χ4v) is 3.90. The number of benzene rings is 1. The molecule has 1 aliphatic rings. The molecule has 0 aliphatic carbocycles. The summed E-state index contributed by atoms with van der Waals surface area (Å²) >= 11 is 6.01. The van der Waals surface area contributed by atoms with E-state index in [1.807, 2.05) is 0 Å². The van der Waals surface area contributed by atoms with Crippen molar-refractivity contribution in [3.05, 3.63) is 28.8 Å². The third kappa shape index (κ3) is 3.93. The van der Waals surface area contributed by atoms with Gasteiger partial charge in [-0.15, -0.1) is 0 Å². The summed E-state index contributed by atoms with van der Waals surface area (Å²) in [6, 6.07) is 4.78. The second-order valence-corrected chi connectivity index (χ2v) is 7.06. The molecule has 5 nitrogen and oxygen atoms in total. The van der Waals surface area contributed by atoms with E-state index in [0.717, 1.165) is 25.2 Å². The van der Waals surface area contributed by atoms with Gasteiger partial charge < -0.3 is 10.6 Å². The average molecular weight is 318 g/mol. The quantitative estimate of drug-likeness (QED) is 0.826. The van der Waals surface area contributed by atoms with Crippen molar-refractivity contribution in [2.75, 3.05) is 26.2 Å². The molecule has 0 bridgehead atoms. The summed E-state index contributed by atoms with van der Waals surface area (Å²) in [6.45, 7) is 3.57. The third-order valence-corrected chi connectivity index (χ3v) is 5.38. The molecule has 0 radical (unpaired) electrons. The van der Waals surface area contributed by atoms with Crippen LogP contribution in [0.15, 0.2) is 23.1 Å². The smallest absolute Gasteiger partial charge is 0.242 e. The molecule has 7 heteroatoms. The molecular formula is C13H20ClN3O2S. The van der Waals surface area contributed by atoms with Crippen LogP contribution in [0.25, 0.3) is 0 Å². The molecule has 0 aromatic heterocycles. The van der Waals surface area contributed by atoms with Crippen molar-refractivity contribution in [1.82, 2.24) is 9.62 Å². The summed E-state index contributed by atoms with van der Waals surface area (Å²) < 4.78 is 27.0. The van der Waals surface area contributed by atoms with Crippen molar-refractivity contribution in [3.63, 3.8) is 0 Å². The zero-order valence-electron chi connectivity index (χ0n) is 11.3. The number of nitrogens with zero attached hydrogens (tertiary/aromatic N) is 1. The first kappa shape index (κ1) is 15.7. The zero-order valence-corrected chi connectivity index (χ0v) is 12.9. The first-order chi connectivity index (χ1) is 9.53. The van der Waals surface area contributed by atoms with Gasteiger partial charge in [-0.25, -0.2) is 13.1 Å². The molecule has 20 heavy (non-hydrogen) atoms. The fraction of sp³-hybridized carbons (Fsp3) is 0.538. The highest BCUT2D eigenvalue weighted by Crippen LogP contribution is 2.22. The van der Waals surface area contributed by atoms with Gasteiger partial charge in [0.15, 0.2) is 0 Å². The van der Waals surface area contributed by atoms with Crippen molar-refractivity contribution < 1.29 is 8.42 Å². The Hall–Kier alpha value is -0.660. The van der Waals surface area contributed by atoms with E-state index >= 15 is 0 Å². The maximum absolute atomic E-state index is 12.2. The van der Waals surface area contributed by atoms with Crippen molar-refractivity contribution in [2.45, 2.75) is 24.3 Å². The number of halogens is 1. The van der Waals surface area contributed by atoms with Crippen LogP contribution < -0.4 is 10.5 Å². The van der Waals surface area contributed by atoms with Crippen molar-refractivity contribution in [1.29, 1.82) is 0 Å². The van der Waals surface area contributed by atoms with E-state index in [0.29, 0.717) is 13.1 Å². The van der Waals surface area contributed by atoms with Gasteiger partial charge in [0.25, 0.3) is 0 Å². The molecule has 0 amide bonds. The number of likely N-dealkylation sites (tertiary alicyclic amines) is 1. The summed E-state index contributed by atoms with van der Waals surface area (Å²) in [5.74, 6) is 0. The molecule has 1 aliphatic heterocycles. The van der Waals surface area contributed by atoms with Gasteiger partial charge in [0.1, 0.15) is 4.90 Å². The fourth-order valence-electron chi connectivity index (χ4n) is 2.31. The maximum Gasteiger partial charge on any atom is 0.242 e. The average Bonchev–Trinajstić information content (AvgIpc) is 2.91. The van der Waals surface area contributed by atoms with E-state index in [2.05, 4.69) is 9.62 Å². The lowest BCUT2D eigenvalue weighted by molar-refractivity contribution is 0.344. The molecule has 1 saturated heterocycles. The molecule has 2 rings (SSSR count). The van der Waals surface area contributed by atoms with Crippen LogP contribution in [0.4, 0.5) is 0 Å². The number of sulfonamides is 1. The van der Waals surface area contributed by atoms with E-state index in [-0.39, 0.29) is 9.92 Å². The Bertz CT molecular complexity index is 557. The molecule has 112 valence electrons. The Morgan fingerprint density at radius 1 is 1.30 bits per heavy atom. The van der Waals surface area contributed by atoms with Crippen molar-refractivity contribution >= 4 is 21.6 Å². The van der Waals surface area contributed by atoms with Crippen LogP contribution in [0.2, 0.25) is 5.02 Å². The topological polar surface area (TPSA) is 75.4 Å². The Kier molecular flexibility index (Phi) is 5.40. The number of nitrogens with one attached hydrogen (secondary N) is 1. The van der Waals surface area contributed by atoms with E-state index in [4.69, 9.17) is 17.3 Å². The normalized spacial score (nSPS) is 16.7. The highest BCUT2D eigenvalue weighted by Gasteiger charge is 2.18. The minimum absolute atomic E-state index is 0.109. The van der Waals surface area contributed by atoms with Crippen molar-refractivity contribution in [3.8, 4) is 0 Å². The number of hydrogen-bond acceptors (Lipinski definition) is 4. The highest BCUT2D eigenvalue weighted by atomic mass is 35.5. The van der Waals surface area contributed by atoms with Crippen LogP contribution in [0.1, 0.15) is 18.4 Å². The summed E-state index contributed by atoms with van der Waals surface area (Å²) in [6.07, 6.45) is 2.39. The molecular weight excluding hydrogens is 298 g/mol. The standard InChI is InChI=1S/C13H20ClN3O2S/c14-12-9-11(10-15)3-4-13(12)20(18,19)16-5-8-17-6-1-2-7-17/h3-4,9,16H,1-2,5-8,10,15H2. The second-order valence-electron chi connectivity index (χ2n) is 4.92. The van der Waals surface area contributed by atoms with Gasteiger partial charge in [-0.1, -0.05) is 17.7 Å². The number of rotatable bonds is 6. The van der Waals surface area contributed by atoms with Gasteiger partial charge in [-0.2, -0.15) is 0 Å². The molecule has 1 aromatic rings. The third-order valence-electron chi connectivity index (χ3n) is 3.44. The molecule has 3 N–H and O–H groups in total. The summed E-state index contributed by atoms with van der Waals surface area (Å²) in [5, 5.41) is 0.210. The first-order valence-corrected chi connectivity index (χ1v) is 8.59. The second kappa shape index (κ2) is 6.87. The Morgan fingerprint density at radius 3 is 2.60 bits per heavy atom. The lowest BCUT2D eigenvalue weighted by Gasteiger charge is -2.15. The summed E-state index contributed by atoms with van der Waals surface area (Å²) in [4.78, 5) is 2.36. The molecule has 0 saturated carbocycles. The van der Waals surface area contributed by atoms with E-state index in [1.54, 1.807) is 12.1 Å². The predicted octanol–water partition coefficient (Wildman–Crippen LogP) is 1.17. The van der Waals surface area contributed by atoms with Crippen LogP contribution in [-0.4, -0.2) is 39.5 Å². The minimum Gasteiger partial charge on any atom is -0.326 e. The molecule has 1 aromatic carbocycles. The van der Waals surface area contributed by atoms with Gasteiger partial charge in [-0.3, -0.25) is 0 Å². The summed E-state index contributed by atoms with van der Waals surface area (Å²) in [7, 11) is -3.56. The molecule has 0 atom stereocenters. The lowest BCUT2D eigenvalue weighted by Crippen LogP contribution is -2.33. The predicted molar refractivity (Wildman–Crippen MR) is 80.2 cm³/mol. The van der Waals surface area contributed by atoms with E-state index < -0.39 is 10.0 Å². The molecule has 0 unspecified atom stereocenters. The Balaban J connectivity index is 1.98. The van der Waals surface area contributed by atoms with Gasteiger partial charge in [0.2, 0.25) is 10.0 Å². The zero-order chi connectivity index (χ0) is 14.6. The van der Waals surface area contributed by atoms with E-state index in [1.165, 1.54) is 18.9 Å². The van der Waals surface area contributed by atoms with Crippen LogP contribution in [0.3, 0.4) is 0 Å². The monoisotopic (exact) mass is 317 g/mol. The first-order valence-electron chi connectivity index (χ1n) is 6.73. The largest absolute Gasteiger partial charge is 0.326 e. The SMILES string of the molecule is NCc1ccc(S(=O)(=O)NCCN2CCCC2)c(Cl)c1. The van der Waals surface area contributed by atoms with Crippen molar-refractivity contribution in [2.24, 2.45) is 5.73 Å². The molecule has 0 spiro atoms. The van der Waals surface area contributed by atoms with Crippen LogP contribution in [0, 0.1) is 0 Å². The van der Waals surface area contributed by atoms with Crippen LogP contribution in [-0.2, 0) is 16.6 Å². The maximum atomic E-state index is 12.2. The van der Waals surface area contributed by atoms with Crippen LogP contribution >= 0.6 is 11.6 Å². The van der Waals surface area contributed by atoms with Crippen LogP contribution in [0.5, 0.6) is 0 Å². The molecule has 1 heterocycles. The van der Waals surface area contributed by atoms with Gasteiger partial charge in [0, 0.05) is 19.6 Å².